The summed E-state index contributed by atoms with van der Waals surface area (Å²) in [4.78, 5) is 23.6. The highest BCUT2D eigenvalue weighted by molar-refractivity contribution is 5.87. The molecule has 0 aromatic carbocycles. The van der Waals surface area contributed by atoms with Crippen molar-refractivity contribution < 1.29 is 9.59 Å². The van der Waals surface area contributed by atoms with Crippen molar-refractivity contribution in [1.82, 2.24) is 14.7 Å². The molecule has 7 nitrogen and oxygen atoms in total. The summed E-state index contributed by atoms with van der Waals surface area (Å²) in [6, 6.07) is -0.821. The van der Waals surface area contributed by atoms with E-state index in [0.717, 1.165) is 0 Å². The predicted molar refractivity (Wildman–Crippen MR) is 57.0 cm³/mol. The summed E-state index contributed by atoms with van der Waals surface area (Å²) in [5.74, 6) is -0.943. The third kappa shape index (κ3) is 2.80. The van der Waals surface area contributed by atoms with Gasteiger partial charge in [0.25, 0.3) is 0 Å². The number of likely N-dealkylation sites (N-methyl/N-ethyl adjacent to an activating group) is 1. The van der Waals surface area contributed by atoms with Crippen LogP contribution in [0.1, 0.15) is 11.6 Å². The second kappa shape index (κ2) is 4.75. The van der Waals surface area contributed by atoms with Crippen LogP contribution < -0.4 is 11.5 Å². The van der Waals surface area contributed by atoms with Crippen LogP contribution in [0, 0.1) is 0 Å². The fourth-order valence-corrected chi connectivity index (χ4v) is 1.29. The Morgan fingerprint density at radius 3 is 2.69 bits per heavy atom. The van der Waals surface area contributed by atoms with Crippen molar-refractivity contribution in [3.63, 3.8) is 0 Å². The summed E-state index contributed by atoms with van der Waals surface area (Å²) in [6.45, 7) is -0.146. The molecule has 1 rings (SSSR count). The molecule has 2 amide bonds. The van der Waals surface area contributed by atoms with Gasteiger partial charge in [-0.3, -0.25) is 14.3 Å². The average molecular weight is 225 g/mol. The Morgan fingerprint density at radius 1 is 1.62 bits per heavy atom. The van der Waals surface area contributed by atoms with Gasteiger partial charge in [-0.1, -0.05) is 0 Å². The Morgan fingerprint density at radius 2 is 2.25 bits per heavy atom. The number of aryl methyl sites for hydroxylation is 1. The maximum atomic E-state index is 11.7. The van der Waals surface area contributed by atoms with E-state index in [1.807, 2.05) is 0 Å². The van der Waals surface area contributed by atoms with Gasteiger partial charge in [0.05, 0.1) is 12.7 Å². The second-order valence-corrected chi connectivity index (χ2v) is 3.59. The largest absolute Gasteiger partial charge is 0.368 e. The quantitative estimate of drug-likeness (QED) is 0.641. The molecule has 0 fully saturated rings. The number of rotatable bonds is 4. The molecule has 4 N–H and O–H groups in total. The van der Waals surface area contributed by atoms with Gasteiger partial charge in [-0.05, 0) is 0 Å². The minimum atomic E-state index is -0.821. The van der Waals surface area contributed by atoms with Crippen molar-refractivity contribution in [3.05, 3.63) is 18.0 Å². The van der Waals surface area contributed by atoms with Crippen LogP contribution in [0.2, 0.25) is 0 Å². The Kier molecular flexibility index (Phi) is 3.62. The van der Waals surface area contributed by atoms with Crippen LogP contribution in [-0.2, 0) is 16.6 Å². The molecule has 88 valence electrons. The minimum Gasteiger partial charge on any atom is -0.368 e. The van der Waals surface area contributed by atoms with Gasteiger partial charge in [0.15, 0.2) is 0 Å². The van der Waals surface area contributed by atoms with E-state index in [4.69, 9.17) is 11.5 Å². The topological polar surface area (TPSA) is 107 Å². The van der Waals surface area contributed by atoms with Crippen LogP contribution in [0.5, 0.6) is 0 Å². The standard InChI is InChI=1S/C9H15N5O2/c1-13(5-7(10)15)9(16)8(11)6-3-12-14(2)4-6/h3-4,8H,5,11H2,1-2H3,(H2,10,15). The second-order valence-electron chi connectivity index (χ2n) is 3.59. The molecule has 0 saturated carbocycles. The first kappa shape index (κ1) is 12.2. The number of nitrogens with two attached hydrogens (primary N) is 2. The molecule has 0 spiro atoms. The van der Waals surface area contributed by atoms with E-state index in [0.29, 0.717) is 5.56 Å². The predicted octanol–water partition coefficient (Wildman–Crippen LogP) is -1.64. The molecule has 1 aromatic rings. The summed E-state index contributed by atoms with van der Waals surface area (Å²) in [6.07, 6.45) is 3.17. The van der Waals surface area contributed by atoms with Crippen molar-refractivity contribution in [2.75, 3.05) is 13.6 Å². The lowest BCUT2D eigenvalue weighted by Gasteiger charge is -2.18. The van der Waals surface area contributed by atoms with Gasteiger partial charge in [0, 0.05) is 25.9 Å². The highest BCUT2D eigenvalue weighted by Gasteiger charge is 2.21. The SMILES string of the molecule is CN(CC(N)=O)C(=O)C(N)c1cnn(C)c1. The molecule has 0 aliphatic rings. The summed E-state index contributed by atoms with van der Waals surface area (Å²) in [5.41, 5.74) is 11.3. The molecule has 1 aromatic heterocycles. The first-order valence-corrected chi connectivity index (χ1v) is 4.69. The molecule has 16 heavy (non-hydrogen) atoms. The zero-order valence-electron chi connectivity index (χ0n) is 9.25. The number of aromatic nitrogens is 2. The fourth-order valence-electron chi connectivity index (χ4n) is 1.29. The first-order valence-electron chi connectivity index (χ1n) is 4.69. The minimum absolute atomic E-state index is 0.146. The van der Waals surface area contributed by atoms with Crippen LogP contribution in [0.15, 0.2) is 12.4 Å². The Bertz CT molecular complexity index is 400. The lowest BCUT2D eigenvalue weighted by Crippen LogP contribution is -2.40. The normalized spacial score (nSPS) is 12.2. The summed E-state index contributed by atoms with van der Waals surface area (Å²) in [5, 5.41) is 3.91. The third-order valence-electron chi connectivity index (χ3n) is 2.12. The van der Waals surface area contributed by atoms with E-state index in [1.165, 1.54) is 18.1 Å². The van der Waals surface area contributed by atoms with E-state index < -0.39 is 11.9 Å². The Balaban J connectivity index is 2.70. The van der Waals surface area contributed by atoms with Gasteiger partial charge in [0.2, 0.25) is 11.8 Å². The van der Waals surface area contributed by atoms with Crippen molar-refractivity contribution in [1.29, 1.82) is 0 Å². The van der Waals surface area contributed by atoms with Crippen LogP contribution >= 0.6 is 0 Å². The Labute approximate surface area is 93.0 Å². The maximum Gasteiger partial charge on any atom is 0.244 e. The first-order chi connectivity index (χ1) is 7.41. The van der Waals surface area contributed by atoms with E-state index in [2.05, 4.69) is 5.10 Å². The van der Waals surface area contributed by atoms with E-state index in [9.17, 15) is 9.59 Å². The molecule has 1 unspecified atom stereocenters. The van der Waals surface area contributed by atoms with Crippen molar-refractivity contribution in [2.45, 2.75) is 6.04 Å². The van der Waals surface area contributed by atoms with Gasteiger partial charge in [0.1, 0.15) is 6.04 Å². The molecular weight excluding hydrogens is 210 g/mol. The zero-order valence-corrected chi connectivity index (χ0v) is 9.25. The molecule has 0 aliphatic carbocycles. The van der Waals surface area contributed by atoms with Crippen molar-refractivity contribution >= 4 is 11.8 Å². The molecular formula is C9H15N5O2. The van der Waals surface area contributed by atoms with Gasteiger partial charge < -0.3 is 16.4 Å². The van der Waals surface area contributed by atoms with Gasteiger partial charge >= 0.3 is 0 Å². The molecule has 0 saturated heterocycles. The smallest absolute Gasteiger partial charge is 0.244 e. The van der Waals surface area contributed by atoms with Gasteiger partial charge in [-0.15, -0.1) is 0 Å². The molecule has 0 aliphatic heterocycles. The van der Waals surface area contributed by atoms with Crippen LogP contribution in [0.3, 0.4) is 0 Å². The lowest BCUT2D eigenvalue weighted by atomic mass is 10.1. The number of primary amides is 1. The zero-order chi connectivity index (χ0) is 12.3. The van der Waals surface area contributed by atoms with Crippen LogP contribution in [0.25, 0.3) is 0 Å². The fraction of sp³-hybridized carbons (Fsp3) is 0.444. The lowest BCUT2D eigenvalue weighted by molar-refractivity contribution is -0.135. The van der Waals surface area contributed by atoms with E-state index in [1.54, 1.807) is 17.9 Å². The molecule has 1 atom stereocenters. The Hall–Kier alpha value is -1.89. The highest BCUT2D eigenvalue weighted by atomic mass is 16.2. The molecule has 1 heterocycles. The number of carbonyl (C=O) groups excluding carboxylic acids is 2. The van der Waals surface area contributed by atoms with Crippen molar-refractivity contribution in [2.24, 2.45) is 18.5 Å². The van der Waals surface area contributed by atoms with E-state index in [-0.39, 0.29) is 12.5 Å². The van der Waals surface area contributed by atoms with Gasteiger partial charge in [-0.25, -0.2) is 0 Å². The average Bonchev–Trinajstić information content (AvgIpc) is 2.61. The van der Waals surface area contributed by atoms with Crippen molar-refractivity contribution in [3.8, 4) is 0 Å². The number of hydrogen-bond acceptors (Lipinski definition) is 4. The molecule has 0 radical (unpaired) electrons. The van der Waals surface area contributed by atoms with E-state index >= 15 is 0 Å². The monoisotopic (exact) mass is 225 g/mol. The third-order valence-corrected chi connectivity index (χ3v) is 2.12. The van der Waals surface area contributed by atoms with Gasteiger partial charge in [-0.2, -0.15) is 5.10 Å². The number of amides is 2. The molecule has 0 bridgehead atoms. The number of hydrogen-bond donors (Lipinski definition) is 2. The summed E-state index contributed by atoms with van der Waals surface area (Å²) >= 11 is 0. The number of carbonyl (C=O) groups is 2. The molecule has 7 heteroatoms. The van der Waals surface area contributed by atoms with Crippen LogP contribution in [-0.4, -0.2) is 40.1 Å². The summed E-state index contributed by atoms with van der Waals surface area (Å²) < 4.78 is 1.55. The van der Waals surface area contributed by atoms with Crippen LogP contribution in [0.4, 0.5) is 0 Å². The highest BCUT2D eigenvalue weighted by Crippen LogP contribution is 2.10. The number of nitrogens with zero attached hydrogens (tertiary/aromatic N) is 3. The maximum absolute atomic E-state index is 11.7. The summed E-state index contributed by atoms with van der Waals surface area (Å²) in [7, 11) is 3.21.